The van der Waals surface area contributed by atoms with Crippen molar-refractivity contribution in [2.75, 3.05) is 0 Å². The lowest BCUT2D eigenvalue weighted by molar-refractivity contribution is 0.237. The van der Waals surface area contributed by atoms with Crippen LogP contribution in [0.1, 0.15) is 35.4 Å². The molecular formula is C17H17N. The number of pyridine rings is 1. The zero-order valence-corrected chi connectivity index (χ0v) is 10.7. The van der Waals surface area contributed by atoms with Gasteiger partial charge in [-0.2, -0.15) is 0 Å². The molecule has 1 fully saturated rings. The van der Waals surface area contributed by atoms with E-state index < -0.39 is 0 Å². The van der Waals surface area contributed by atoms with Crippen LogP contribution in [0, 0.1) is 12.8 Å². The second-order valence-corrected chi connectivity index (χ2v) is 5.87. The first-order valence-corrected chi connectivity index (χ1v) is 6.85. The molecule has 90 valence electrons. The number of benzene rings is 1. The van der Waals surface area contributed by atoms with Crippen LogP contribution >= 0.6 is 0 Å². The van der Waals surface area contributed by atoms with Crippen LogP contribution in [0.5, 0.6) is 0 Å². The topological polar surface area (TPSA) is 12.9 Å². The number of nitrogens with zero attached hydrogens (tertiary/aromatic N) is 1. The van der Waals surface area contributed by atoms with E-state index in [4.69, 9.17) is 0 Å². The van der Waals surface area contributed by atoms with Crippen molar-refractivity contribution in [3.8, 4) is 11.3 Å². The molecule has 0 atom stereocenters. The Kier molecular flexibility index (Phi) is 2.11. The van der Waals surface area contributed by atoms with E-state index in [1.165, 1.54) is 36.0 Å². The molecule has 0 radical (unpaired) electrons. The van der Waals surface area contributed by atoms with Gasteiger partial charge in [0.25, 0.3) is 0 Å². The third kappa shape index (κ3) is 1.50. The van der Waals surface area contributed by atoms with E-state index in [1.54, 1.807) is 5.56 Å². The summed E-state index contributed by atoms with van der Waals surface area (Å²) in [5, 5.41) is 0. The van der Waals surface area contributed by atoms with Gasteiger partial charge < -0.3 is 0 Å². The van der Waals surface area contributed by atoms with Crippen molar-refractivity contribution in [3.05, 3.63) is 53.2 Å². The third-order valence-corrected chi connectivity index (χ3v) is 4.55. The van der Waals surface area contributed by atoms with Crippen molar-refractivity contribution in [1.82, 2.24) is 4.98 Å². The second-order valence-electron chi connectivity index (χ2n) is 5.87. The minimum absolute atomic E-state index is 0.825. The summed E-state index contributed by atoms with van der Waals surface area (Å²) in [6, 6.07) is 11.0. The fourth-order valence-corrected chi connectivity index (χ4v) is 3.40. The Hall–Kier alpha value is -1.63. The van der Waals surface area contributed by atoms with Crippen molar-refractivity contribution in [1.29, 1.82) is 0 Å². The van der Waals surface area contributed by atoms with E-state index in [2.05, 4.69) is 48.4 Å². The first kappa shape index (κ1) is 10.3. The lowest BCUT2D eigenvalue weighted by Crippen LogP contribution is -2.30. The van der Waals surface area contributed by atoms with Crippen molar-refractivity contribution in [3.63, 3.8) is 0 Å². The monoisotopic (exact) mass is 235 g/mol. The predicted octanol–water partition coefficient (Wildman–Crippen LogP) is 4.11. The Morgan fingerprint density at radius 2 is 1.89 bits per heavy atom. The molecule has 3 aliphatic rings. The minimum atomic E-state index is 0.825. The summed E-state index contributed by atoms with van der Waals surface area (Å²) in [6.45, 7) is 2.12. The molecule has 0 unspecified atom stereocenters. The fraction of sp³-hybridized carbons (Fsp3) is 0.353. The Bertz CT molecular complexity index is 592. The summed E-state index contributed by atoms with van der Waals surface area (Å²) in [5.74, 6) is 1.78. The second kappa shape index (κ2) is 3.68. The molecule has 0 amide bonds. The highest BCUT2D eigenvalue weighted by atomic mass is 14.7. The first-order chi connectivity index (χ1) is 8.79. The molecule has 0 saturated heterocycles. The van der Waals surface area contributed by atoms with E-state index >= 15 is 0 Å². The average molecular weight is 235 g/mol. The van der Waals surface area contributed by atoms with Crippen LogP contribution in [0.25, 0.3) is 11.3 Å². The van der Waals surface area contributed by atoms with Crippen LogP contribution in [0.3, 0.4) is 0 Å². The molecule has 2 bridgehead atoms. The summed E-state index contributed by atoms with van der Waals surface area (Å²) >= 11 is 0. The molecular weight excluding hydrogens is 218 g/mol. The summed E-state index contributed by atoms with van der Waals surface area (Å²) in [7, 11) is 0. The molecule has 18 heavy (non-hydrogen) atoms. The standard InChI is InChI=1S/C17H17N/c1-11-2-4-13(5-3-11)17-9-16-14-6-12(7-14)8-15(16)10-18-17/h2-5,9-10,12,14H,6-8H2,1H3. The van der Waals surface area contributed by atoms with Crippen LogP contribution in [-0.4, -0.2) is 4.98 Å². The van der Waals surface area contributed by atoms with Crippen LogP contribution < -0.4 is 0 Å². The quantitative estimate of drug-likeness (QED) is 0.725. The maximum absolute atomic E-state index is 4.65. The number of hydrogen-bond donors (Lipinski definition) is 0. The van der Waals surface area contributed by atoms with Crippen LogP contribution in [-0.2, 0) is 6.42 Å². The van der Waals surface area contributed by atoms with E-state index in [0.717, 1.165) is 17.5 Å². The van der Waals surface area contributed by atoms with Gasteiger partial charge in [-0.3, -0.25) is 4.98 Å². The maximum Gasteiger partial charge on any atom is 0.0705 e. The zero-order chi connectivity index (χ0) is 12.1. The van der Waals surface area contributed by atoms with E-state index in [9.17, 15) is 0 Å². The number of aromatic nitrogens is 1. The van der Waals surface area contributed by atoms with Gasteiger partial charge in [0, 0.05) is 11.8 Å². The van der Waals surface area contributed by atoms with Crippen LogP contribution in [0.15, 0.2) is 36.5 Å². The Morgan fingerprint density at radius 1 is 1.11 bits per heavy atom. The van der Waals surface area contributed by atoms with E-state index in [-0.39, 0.29) is 0 Å². The number of aryl methyl sites for hydroxylation is 1. The average Bonchev–Trinajstić information content (AvgIpc) is 2.37. The van der Waals surface area contributed by atoms with Gasteiger partial charge in [-0.05, 0) is 55.2 Å². The summed E-state index contributed by atoms with van der Waals surface area (Å²) in [6.07, 6.45) is 6.19. The lowest BCUT2D eigenvalue weighted by atomic mass is 9.63. The van der Waals surface area contributed by atoms with Crippen molar-refractivity contribution >= 4 is 0 Å². The highest BCUT2D eigenvalue weighted by Crippen LogP contribution is 2.49. The lowest BCUT2D eigenvalue weighted by Gasteiger charge is -2.42. The van der Waals surface area contributed by atoms with Crippen molar-refractivity contribution in [2.24, 2.45) is 5.92 Å². The van der Waals surface area contributed by atoms with E-state index in [1.807, 2.05) is 0 Å². The van der Waals surface area contributed by atoms with Crippen molar-refractivity contribution < 1.29 is 0 Å². The molecule has 1 aromatic carbocycles. The molecule has 1 nitrogen and oxygen atoms in total. The zero-order valence-electron chi connectivity index (χ0n) is 10.7. The van der Waals surface area contributed by atoms with Gasteiger partial charge in [-0.25, -0.2) is 0 Å². The number of rotatable bonds is 1. The molecule has 0 spiro atoms. The van der Waals surface area contributed by atoms with Gasteiger partial charge in [0.05, 0.1) is 5.69 Å². The first-order valence-electron chi connectivity index (χ1n) is 6.85. The molecule has 3 aliphatic carbocycles. The fourth-order valence-electron chi connectivity index (χ4n) is 3.40. The van der Waals surface area contributed by atoms with Gasteiger partial charge in [-0.1, -0.05) is 29.8 Å². The van der Waals surface area contributed by atoms with Gasteiger partial charge in [-0.15, -0.1) is 0 Å². The van der Waals surface area contributed by atoms with Crippen molar-refractivity contribution in [2.45, 2.75) is 32.1 Å². The largest absolute Gasteiger partial charge is 0.256 e. The molecule has 1 heterocycles. The molecule has 1 aromatic heterocycles. The third-order valence-electron chi connectivity index (χ3n) is 4.55. The van der Waals surface area contributed by atoms with Crippen LogP contribution in [0.2, 0.25) is 0 Å². The van der Waals surface area contributed by atoms with E-state index in [0.29, 0.717) is 0 Å². The minimum Gasteiger partial charge on any atom is -0.256 e. The summed E-state index contributed by atoms with van der Waals surface area (Å²) in [4.78, 5) is 4.65. The molecule has 5 rings (SSSR count). The smallest absolute Gasteiger partial charge is 0.0705 e. The molecule has 2 aromatic rings. The molecule has 1 heteroatoms. The van der Waals surface area contributed by atoms with Gasteiger partial charge in [0.1, 0.15) is 0 Å². The molecule has 0 aliphatic heterocycles. The highest BCUT2D eigenvalue weighted by Gasteiger charge is 2.37. The normalized spacial score (nSPS) is 24.3. The Balaban J connectivity index is 1.78. The molecule has 0 N–H and O–H groups in total. The predicted molar refractivity (Wildman–Crippen MR) is 73.6 cm³/mol. The van der Waals surface area contributed by atoms with Gasteiger partial charge in [0.2, 0.25) is 0 Å². The SMILES string of the molecule is Cc1ccc(-c2cc3c(cn2)CC2CC3C2)cc1. The number of hydrogen-bond acceptors (Lipinski definition) is 1. The maximum atomic E-state index is 4.65. The Labute approximate surface area is 108 Å². The highest BCUT2D eigenvalue weighted by molar-refractivity contribution is 5.61. The summed E-state index contributed by atoms with van der Waals surface area (Å²) < 4.78 is 0. The van der Waals surface area contributed by atoms with Gasteiger partial charge in [0.15, 0.2) is 0 Å². The molecule has 1 saturated carbocycles. The van der Waals surface area contributed by atoms with Crippen LogP contribution in [0.4, 0.5) is 0 Å². The summed E-state index contributed by atoms with van der Waals surface area (Å²) in [5.41, 5.74) is 6.75. The van der Waals surface area contributed by atoms with Gasteiger partial charge >= 0.3 is 0 Å². The Morgan fingerprint density at radius 3 is 2.67 bits per heavy atom.